The van der Waals surface area contributed by atoms with E-state index < -0.39 is 0 Å². The van der Waals surface area contributed by atoms with Gasteiger partial charge in [0.25, 0.3) is 5.70 Å². The number of nitriles is 1. The van der Waals surface area contributed by atoms with Crippen molar-refractivity contribution in [1.29, 1.82) is 5.26 Å². The largest absolute Gasteiger partial charge is 0.496 e. The van der Waals surface area contributed by atoms with Crippen molar-refractivity contribution in [2.75, 3.05) is 7.11 Å². The van der Waals surface area contributed by atoms with E-state index in [-0.39, 0.29) is 5.70 Å². The lowest BCUT2D eigenvalue weighted by Gasteiger charge is -2.04. The second kappa shape index (κ2) is 4.83. The molecule has 0 aliphatic heterocycles. The molecule has 0 heterocycles. The molecule has 0 atom stereocenters. The molecule has 0 amide bonds. The Balaban J connectivity index is 3.11. The first-order valence-electron chi connectivity index (χ1n) is 4.35. The smallest absolute Gasteiger partial charge is 0.262 e. The maximum atomic E-state index is 8.60. The molecule has 1 aromatic rings. The lowest BCUT2D eigenvalue weighted by molar-refractivity contribution is 0.411. The van der Waals surface area contributed by atoms with E-state index in [4.69, 9.17) is 16.6 Å². The monoisotopic (exact) mass is 198 g/mol. The Morgan fingerprint density at radius 1 is 1.60 bits per heavy atom. The normalized spacial score (nSPS) is 10.3. The van der Waals surface area contributed by atoms with Gasteiger partial charge < -0.3 is 4.74 Å². The van der Waals surface area contributed by atoms with Crippen LogP contribution in [0.25, 0.3) is 10.9 Å². The molecule has 1 rings (SSSR count). The maximum absolute atomic E-state index is 8.60. The van der Waals surface area contributed by atoms with Crippen LogP contribution in [0.3, 0.4) is 0 Å². The standard InChI is InChI=1S/C12H10N2O/c1-9-6-10(4-5-12(9)15-3)7-11(8-13)14-2/h4-7H,1,3H3/b11-7-. The molecule has 0 N–H and O–H groups in total. The van der Waals surface area contributed by atoms with E-state index >= 15 is 0 Å². The minimum atomic E-state index is 0.0829. The van der Waals surface area contributed by atoms with Gasteiger partial charge in [0.1, 0.15) is 5.75 Å². The van der Waals surface area contributed by atoms with Gasteiger partial charge in [-0.05, 0) is 36.3 Å². The lowest BCUT2D eigenvalue weighted by Crippen LogP contribution is -1.87. The van der Waals surface area contributed by atoms with Gasteiger partial charge in [-0.1, -0.05) is 6.07 Å². The Labute approximate surface area is 89.0 Å². The fraction of sp³-hybridized carbons (Fsp3) is 0.167. The van der Waals surface area contributed by atoms with Gasteiger partial charge in [0.05, 0.1) is 19.8 Å². The van der Waals surface area contributed by atoms with Crippen LogP contribution in [0.4, 0.5) is 0 Å². The summed E-state index contributed by atoms with van der Waals surface area (Å²) in [6, 6.07) is 7.33. The minimum Gasteiger partial charge on any atom is -0.496 e. The molecule has 0 aliphatic carbocycles. The molecule has 0 saturated heterocycles. The predicted molar refractivity (Wildman–Crippen MR) is 57.9 cm³/mol. The van der Waals surface area contributed by atoms with Gasteiger partial charge >= 0.3 is 0 Å². The number of allylic oxidation sites excluding steroid dienone is 1. The molecule has 74 valence electrons. The summed E-state index contributed by atoms with van der Waals surface area (Å²) in [6.45, 7) is 8.67. The molecule has 0 fully saturated rings. The summed E-state index contributed by atoms with van der Waals surface area (Å²) in [6.07, 6.45) is 1.56. The van der Waals surface area contributed by atoms with Gasteiger partial charge in [-0.3, -0.25) is 0 Å². The molecule has 1 aromatic carbocycles. The zero-order chi connectivity index (χ0) is 11.3. The number of nitrogens with zero attached hydrogens (tertiary/aromatic N) is 2. The molecule has 0 spiro atoms. The van der Waals surface area contributed by atoms with Gasteiger partial charge in [-0.2, -0.15) is 0 Å². The zero-order valence-corrected chi connectivity index (χ0v) is 8.61. The van der Waals surface area contributed by atoms with Gasteiger partial charge in [0.15, 0.2) is 0 Å². The van der Waals surface area contributed by atoms with E-state index in [9.17, 15) is 0 Å². The Bertz CT molecular complexity index is 459. The van der Waals surface area contributed by atoms with Crippen LogP contribution in [0.1, 0.15) is 11.1 Å². The molecule has 0 unspecified atom stereocenters. The molecule has 3 heteroatoms. The van der Waals surface area contributed by atoms with Gasteiger partial charge in [0.2, 0.25) is 0 Å². The maximum Gasteiger partial charge on any atom is 0.262 e. The van der Waals surface area contributed by atoms with Crippen LogP contribution in [0.15, 0.2) is 23.9 Å². The van der Waals surface area contributed by atoms with Crippen molar-refractivity contribution in [3.63, 3.8) is 0 Å². The average Bonchev–Trinajstić information content (AvgIpc) is 2.26. The summed E-state index contributed by atoms with van der Waals surface area (Å²) in [5, 5.41) is 8.60. The molecule has 0 radical (unpaired) electrons. The minimum absolute atomic E-state index is 0.0829. The Morgan fingerprint density at radius 3 is 2.80 bits per heavy atom. The molecule has 15 heavy (non-hydrogen) atoms. The third kappa shape index (κ3) is 2.59. The highest BCUT2D eigenvalue weighted by Gasteiger charge is 1.99. The molecule has 3 nitrogen and oxygen atoms in total. The van der Waals surface area contributed by atoms with Crippen molar-refractivity contribution in [2.24, 2.45) is 0 Å². The van der Waals surface area contributed by atoms with E-state index in [1.807, 2.05) is 31.2 Å². The van der Waals surface area contributed by atoms with Crippen LogP contribution in [-0.4, -0.2) is 7.11 Å². The highest BCUT2D eigenvalue weighted by Crippen LogP contribution is 2.20. The summed E-state index contributed by atoms with van der Waals surface area (Å²) in [5.41, 5.74) is 1.90. The first kappa shape index (κ1) is 10.8. The Morgan fingerprint density at radius 2 is 2.33 bits per heavy atom. The van der Waals surface area contributed by atoms with E-state index in [1.54, 1.807) is 13.2 Å². The van der Waals surface area contributed by atoms with Gasteiger partial charge in [0, 0.05) is 0 Å². The number of hydrogen-bond acceptors (Lipinski definition) is 2. The summed E-state index contributed by atoms with van der Waals surface area (Å²) in [7, 11) is 1.61. The fourth-order valence-corrected chi connectivity index (χ4v) is 1.24. The molecular weight excluding hydrogens is 188 g/mol. The number of benzene rings is 1. The third-order valence-electron chi connectivity index (χ3n) is 1.96. The molecule has 0 aromatic heterocycles. The van der Waals surface area contributed by atoms with Crippen molar-refractivity contribution >= 4 is 6.08 Å². The van der Waals surface area contributed by atoms with E-state index in [0.717, 1.165) is 16.9 Å². The van der Waals surface area contributed by atoms with Crippen LogP contribution in [0, 0.1) is 24.8 Å². The molecule has 0 aliphatic rings. The molecule has 0 bridgehead atoms. The zero-order valence-electron chi connectivity index (χ0n) is 8.61. The number of hydrogen-bond donors (Lipinski definition) is 0. The van der Waals surface area contributed by atoms with Gasteiger partial charge in [-0.15, -0.1) is 0 Å². The second-order valence-electron chi connectivity index (χ2n) is 2.98. The summed E-state index contributed by atoms with van der Waals surface area (Å²) in [4.78, 5) is 3.09. The number of aryl methyl sites for hydroxylation is 1. The predicted octanol–water partition coefficient (Wildman–Crippen LogP) is 2.79. The highest BCUT2D eigenvalue weighted by atomic mass is 16.5. The Hall–Kier alpha value is -2.26. The average molecular weight is 198 g/mol. The molecular formula is C12H10N2O. The van der Waals surface area contributed by atoms with Crippen molar-refractivity contribution in [2.45, 2.75) is 6.92 Å². The van der Waals surface area contributed by atoms with Crippen LogP contribution < -0.4 is 4.74 Å². The third-order valence-corrected chi connectivity index (χ3v) is 1.96. The van der Waals surface area contributed by atoms with E-state index in [1.165, 1.54) is 0 Å². The van der Waals surface area contributed by atoms with Crippen LogP contribution in [0.2, 0.25) is 0 Å². The first-order chi connectivity index (χ1) is 7.21. The van der Waals surface area contributed by atoms with Crippen LogP contribution in [-0.2, 0) is 0 Å². The summed E-state index contributed by atoms with van der Waals surface area (Å²) in [5.74, 6) is 0.800. The number of methoxy groups -OCH3 is 1. The number of ether oxygens (including phenoxy) is 1. The highest BCUT2D eigenvalue weighted by molar-refractivity contribution is 5.60. The SMILES string of the molecule is [C-]#[N+]/C(C#N)=C\c1ccc(OC)c(C)c1. The Kier molecular flexibility index (Phi) is 3.49. The van der Waals surface area contributed by atoms with Crippen molar-refractivity contribution in [3.8, 4) is 11.8 Å². The summed E-state index contributed by atoms with van der Waals surface area (Å²) >= 11 is 0. The fourth-order valence-electron chi connectivity index (χ4n) is 1.24. The van der Waals surface area contributed by atoms with E-state index in [0.29, 0.717) is 0 Å². The van der Waals surface area contributed by atoms with E-state index in [2.05, 4.69) is 4.85 Å². The van der Waals surface area contributed by atoms with Crippen molar-refractivity contribution in [1.82, 2.24) is 0 Å². The van der Waals surface area contributed by atoms with Crippen LogP contribution >= 0.6 is 0 Å². The second-order valence-corrected chi connectivity index (χ2v) is 2.98. The first-order valence-corrected chi connectivity index (χ1v) is 4.35. The lowest BCUT2D eigenvalue weighted by atomic mass is 10.1. The molecule has 0 saturated carbocycles. The van der Waals surface area contributed by atoms with Gasteiger partial charge in [-0.25, -0.2) is 10.1 Å². The van der Waals surface area contributed by atoms with Crippen molar-refractivity contribution in [3.05, 3.63) is 46.4 Å². The van der Waals surface area contributed by atoms with Crippen molar-refractivity contribution < 1.29 is 4.74 Å². The number of rotatable bonds is 2. The quantitative estimate of drug-likeness (QED) is 0.541. The topological polar surface area (TPSA) is 37.4 Å². The van der Waals surface area contributed by atoms with Crippen LogP contribution in [0.5, 0.6) is 5.75 Å². The summed E-state index contributed by atoms with van der Waals surface area (Å²) < 4.78 is 5.11.